The number of nitro benzene ring substituents is 1. The Hall–Kier alpha value is -2.44. The molecule has 1 atom stereocenters. The van der Waals surface area contributed by atoms with Gasteiger partial charge in [-0.2, -0.15) is 0 Å². The summed E-state index contributed by atoms with van der Waals surface area (Å²) < 4.78 is 5.59. The first kappa shape index (κ1) is 18.9. The summed E-state index contributed by atoms with van der Waals surface area (Å²) in [7, 11) is 0. The van der Waals surface area contributed by atoms with Crippen molar-refractivity contribution in [2.24, 2.45) is 0 Å². The minimum atomic E-state index is -0.832. The van der Waals surface area contributed by atoms with Crippen LogP contribution in [0.4, 0.5) is 5.69 Å². The fourth-order valence-electron chi connectivity index (χ4n) is 2.26. The van der Waals surface area contributed by atoms with Gasteiger partial charge in [-0.25, -0.2) is 0 Å². The second-order valence-electron chi connectivity index (χ2n) is 6.91. The monoisotopic (exact) mass is 344 g/mol. The Balaban J connectivity index is 2.12. The maximum absolute atomic E-state index is 11.4. The lowest BCUT2D eigenvalue weighted by Gasteiger charge is -2.23. The maximum atomic E-state index is 11.4. The van der Waals surface area contributed by atoms with Crippen LogP contribution in [0, 0.1) is 10.1 Å². The average molecular weight is 344 g/mol. The highest BCUT2D eigenvalue weighted by atomic mass is 16.6. The minimum Gasteiger partial charge on any atom is -0.482 e. The van der Waals surface area contributed by atoms with Crippen molar-refractivity contribution >= 4 is 5.69 Å². The lowest BCUT2D eigenvalue weighted by Crippen LogP contribution is -2.38. The van der Waals surface area contributed by atoms with Crippen LogP contribution in [0.1, 0.15) is 38.0 Å². The zero-order valence-corrected chi connectivity index (χ0v) is 14.7. The number of β-amino-alcohol motifs (C(OH)–C–C–N with tert-alkyl or cyclic N) is 1. The number of ether oxygens (including phenoxy) is 1. The summed E-state index contributed by atoms with van der Waals surface area (Å²) in [4.78, 5) is 10.9. The first-order valence-corrected chi connectivity index (χ1v) is 8.14. The first-order valence-electron chi connectivity index (χ1n) is 8.14. The van der Waals surface area contributed by atoms with Gasteiger partial charge in [0.1, 0.15) is 6.61 Å². The molecule has 2 rings (SSSR count). The van der Waals surface area contributed by atoms with Crippen LogP contribution in [0.2, 0.25) is 0 Å². The predicted octanol–water partition coefficient (Wildman–Crippen LogP) is 3.60. The zero-order chi connectivity index (χ0) is 18.4. The standard InChI is InChI=1S/C19H24N2O4/c1-19(2,3)20-12-17(22)15-9-10-18(16(11-15)21(23)24)25-13-14-7-5-4-6-8-14/h4-11,17,20,22H,12-13H2,1-3H3. The molecular weight excluding hydrogens is 320 g/mol. The van der Waals surface area contributed by atoms with E-state index in [-0.39, 0.29) is 23.6 Å². The van der Waals surface area contributed by atoms with Crippen LogP contribution in [-0.4, -0.2) is 22.1 Å². The van der Waals surface area contributed by atoms with E-state index in [0.29, 0.717) is 12.1 Å². The van der Waals surface area contributed by atoms with E-state index < -0.39 is 11.0 Å². The number of rotatable bonds is 7. The Bertz CT molecular complexity index is 711. The van der Waals surface area contributed by atoms with Crippen LogP contribution < -0.4 is 10.1 Å². The molecule has 0 aliphatic carbocycles. The Morgan fingerprint density at radius 1 is 1.20 bits per heavy atom. The molecule has 0 saturated heterocycles. The van der Waals surface area contributed by atoms with Crippen molar-refractivity contribution in [1.29, 1.82) is 0 Å². The van der Waals surface area contributed by atoms with Crippen molar-refractivity contribution in [2.75, 3.05) is 6.54 Å². The molecule has 1 unspecified atom stereocenters. The maximum Gasteiger partial charge on any atom is 0.311 e. The van der Waals surface area contributed by atoms with E-state index >= 15 is 0 Å². The largest absolute Gasteiger partial charge is 0.482 e. The summed E-state index contributed by atoms with van der Waals surface area (Å²) in [5, 5.41) is 24.8. The topological polar surface area (TPSA) is 84.6 Å². The van der Waals surface area contributed by atoms with Gasteiger partial charge in [-0.05, 0) is 38.0 Å². The number of nitro groups is 1. The second-order valence-corrected chi connectivity index (χ2v) is 6.91. The van der Waals surface area contributed by atoms with Crippen molar-refractivity contribution < 1.29 is 14.8 Å². The van der Waals surface area contributed by atoms with Crippen molar-refractivity contribution in [1.82, 2.24) is 5.32 Å². The normalized spacial score (nSPS) is 12.6. The molecule has 0 aliphatic heterocycles. The average Bonchev–Trinajstić information content (AvgIpc) is 2.58. The molecule has 0 heterocycles. The number of hydrogen-bond acceptors (Lipinski definition) is 5. The quantitative estimate of drug-likeness (QED) is 0.592. The van der Waals surface area contributed by atoms with Gasteiger partial charge in [-0.1, -0.05) is 36.4 Å². The van der Waals surface area contributed by atoms with Gasteiger partial charge in [0.2, 0.25) is 0 Å². The van der Waals surface area contributed by atoms with Crippen LogP contribution in [0.25, 0.3) is 0 Å². The van der Waals surface area contributed by atoms with Crippen LogP contribution in [0.5, 0.6) is 5.75 Å². The highest BCUT2D eigenvalue weighted by molar-refractivity contribution is 5.49. The summed E-state index contributed by atoms with van der Waals surface area (Å²) in [6, 6.07) is 14.0. The Labute approximate surface area is 147 Å². The van der Waals surface area contributed by atoms with Crippen molar-refractivity contribution in [2.45, 2.75) is 39.0 Å². The molecule has 6 heteroatoms. The van der Waals surface area contributed by atoms with Crippen molar-refractivity contribution in [3.8, 4) is 5.75 Å². The molecule has 0 radical (unpaired) electrons. The van der Waals surface area contributed by atoms with Crippen molar-refractivity contribution in [3.63, 3.8) is 0 Å². The fourth-order valence-corrected chi connectivity index (χ4v) is 2.26. The van der Waals surface area contributed by atoms with Gasteiger partial charge in [-0.15, -0.1) is 0 Å². The molecule has 0 aliphatic rings. The second kappa shape index (κ2) is 8.09. The first-order chi connectivity index (χ1) is 11.8. The molecule has 0 amide bonds. The molecule has 0 saturated carbocycles. The van der Waals surface area contributed by atoms with Crippen LogP contribution in [-0.2, 0) is 6.61 Å². The van der Waals surface area contributed by atoms with Gasteiger partial charge >= 0.3 is 5.69 Å². The molecule has 0 bridgehead atoms. The van der Waals surface area contributed by atoms with E-state index in [1.165, 1.54) is 12.1 Å². The van der Waals surface area contributed by atoms with E-state index in [1.807, 2.05) is 51.1 Å². The van der Waals surface area contributed by atoms with Crippen LogP contribution >= 0.6 is 0 Å². The van der Waals surface area contributed by atoms with E-state index in [9.17, 15) is 15.2 Å². The molecule has 0 aromatic heterocycles. The molecule has 6 nitrogen and oxygen atoms in total. The highest BCUT2D eigenvalue weighted by Crippen LogP contribution is 2.31. The van der Waals surface area contributed by atoms with Gasteiger partial charge < -0.3 is 15.2 Å². The number of hydrogen-bond donors (Lipinski definition) is 2. The summed E-state index contributed by atoms with van der Waals surface area (Å²) in [6.07, 6.45) is -0.832. The molecule has 0 spiro atoms. The third-order valence-electron chi connectivity index (χ3n) is 3.63. The minimum absolute atomic E-state index is 0.147. The Kier molecular flexibility index (Phi) is 6.12. The Morgan fingerprint density at radius 2 is 1.88 bits per heavy atom. The van der Waals surface area contributed by atoms with E-state index in [4.69, 9.17) is 4.74 Å². The molecule has 134 valence electrons. The lowest BCUT2D eigenvalue weighted by atomic mass is 10.1. The number of aliphatic hydroxyl groups excluding tert-OH is 1. The smallest absolute Gasteiger partial charge is 0.311 e. The van der Waals surface area contributed by atoms with E-state index in [1.54, 1.807) is 6.07 Å². The summed E-state index contributed by atoms with van der Waals surface area (Å²) >= 11 is 0. The fraction of sp³-hybridized carbons (Fsp3) is 0.368. The van der Waals surface area contributed by atoms with Crippen LogP contribution in [0.3, 0.4) is 0 Å². The summed E-state index contributed by atoms with van der Waals surface area (Å²) in [5.41, 5.74) is 1.11. The number of benzene rings is 2. The molecular formula is C19H24N2O4. The number of nitrogens with zero attached hydrogens (tertiary/aromatic N) is 1. The third-order valence-corrected chi connectivity index (χ3v) is 3.63. The van der Waals surface area contributed by atoms with Gasteiger partial charge in [-0.3, -0.25) is 10.1 Å². The van der Waals surface area contributed by atoms with Gasteiger partial charge in [0.05, 0.1) is 11.0 Å². The summed E-state index contributed by atoms with van der Waals surface area (Å²) in [5.74, 6) is 0.189. The summed E-state index contributed by atoms with van der Waals surface area (Å²) in [6.45, 7) is 6.52. The van der Waals surface area contributed by atoms with Gasteiger partial charge in [0.25, 0.3) is 0 Å². The van der Waals surface area contributed by atoms with E-state index in [2.05, 4.69) is 5.32 Å². The molecule has 2 N–H and O–H groups in total. The molecule has 2 aromatic rings. The lowest BCUT2D eigenvalue weighted by molar-refractivity contribution is -0.386. The van der Waals surface area contributed by atoms with Crippen LogP contribution in [0.15, 0.2) is 48.5 Å². The van der Waals surface area contributed by atoms with E-state index in [0.717, 1.165) is 5.56 Å². The number of aliphatic hydroxyl groups is 1. The zero-order valence-electron chi connectivity index (χ0n) is 14.7. The molecule has 25 heavy (non-hydrogen) atoms. The molecule has 2 aromatic carbocycles. The van der Waals surface area contributed by atoms with Crippen molar-refractivity contribution in [3.05, 3.63) is 69.8 Å². The predicted molar refractivity (Wildman–Crippen MR) is 96.6 cm³/mol. The Morgan fingerprint density at radius 3 is 2.48 bits per heavy atom. The van der Waals surface area contributed by atoms with Gasteiger partial charge in [0.15, 0.2) is 5.75 Å². The molecule has 0 fully saturated rings. The van der Waals surface area contributed by atoms with Gasteiger partial charge in [0, 0.05) is 18.2 Å². The number of nitrogens with one attached hydrogen (secondary N) is 1. The SMILES string of the molecule is CC(C)(C)NCC(O)c1ccc(OCc2ccccc2)c([N+](=O)[O-])c1. The third kappa shape index (κ3) is 5.85. The highest BCUT2D eigenvalue weighted by Gasteiger charge is 2.20.